The van der Waals surface area contributed by atoms with Crippen LogP contribution in [0.5, 0.6) is 5.75 Å². The number of furan rings is 1. The molecule has 5 nitrogen and oxygen atoms in total. The summed E-state index contributed by atoms with van der Waals surface area (Å²) in [6.45, 7) is 0. The second-order valence-electron chi connectivity index (χ2n) is 7.09. The molecule has 0 aliphatic heterocycles. The van der Waals surface area contributed by atoms with Gasteiger partial charge in [0, 0.05) is 11.8 Å². The number of nitrogens with one attached hydrogen (secondary N) is 2. The van der Waals surface area contributed by atoms with Gasteiger partial charge in [0.15, 0.2) is 0 Å². The zero-order valence-electron chi connectivity index (χ0n) is 17.2. The second kappa shape index (κ2) is 9.78. The van der Waals surface area contributed by atoms with Gasteiger partial charge in [-0.2, -0.15) is 0 Å². The third kappa shape index (κ3) is 5.02. The van der Waals surface area contributed by atoms with E-state index >= 15 is 0 Å². The second-order valence-corrected chi connectivity index (χ2v) is 7.09. The van der Waals surface area contributed by atoms with Crippen LogP contribution < -0.4 is 15.4 Å². The Morgan fingerprint density at radius 2 is 1.55 bits per heavy atom. The summed E-state index contributed by atoms with van der Waals surface area (Å²) in [5.41, 5.74) is 2.53. The van der Waals surface area contributed by atoms with E-state index in [-0.39, 0.29) is 11.9 Å². The summed E-state index contributed by atoms with van der Waals surface area (Å²) in [4.78, 5) is 13.4. The number of benzene rings is 3. The first kappa shape index (κ1) is 20.4. The summed E-state index contributed by atoms with van der Waals surface area (Å²) in [6, 6.07) is 29.8. The van der Waals surface area contributed by atoms with Crippen molar-refractivity contribution in [2.75, 3.05) is 12.4 Å². The van der Waals surface area contributed by atoms with Crippen LogP contribution >= 0.6 is 0 Å². The number of carbonyl (C=O) groups is 1. The first-order valence-corrected chi connectivity index (χ1v) is 10.1. The molecule has 1 heterocycles. The van der Waals surface area contributed by atoms with E-state index < -0.39 is 6.04 Å². The maximum atomic E-state index is 13.4. The lowest BCUT2D eigenvalue weighted by molar-refractivity contribution is -0.118. The van der Waals surface area contributed by atoms with Gasteiger partial charge in [-0.3, -0.25) is 10.1 Å². The minimum atomic E-state index is -0.609. The van der Waals surface area contributed by atoms with Crippen molar-refractivity contribution in [1.29, 1.82) is 0 Å². The van der Waals surface area contributed by atoms with Crippen LogP contribution in [0, 0.1) is 0 Å². The molecule has 1 aromatic heterocycles. The maximum absolute atomic E-state index is 13.4. The van der Waals surface area contributed by atoms with E-state index in [0.717, 1.165) is 16.9 Å². The molecule has 0 bridgehead atoms. The summed E-state index contributed by atoms with van der Waals surface area (Å²) in [6.07, 6.45) is 1.64. The molecule has 2 atom stereocenters. The summed E-state index contributed by atoms with van der Waals surface area (Å²) in [5.74, 6) is 1.24. The molecular weight excluding hydrogens is 388 g/mol. The lowest BCUT2D eigenvalue weighted by Gasteiger charge is -2.25. The minimum absolute atomic E-state index is 0.174. The number of anilines is 1. The molecule has 4 rings (SSSR count). The van der Waals surface area contributed by atoms with Crippen molar-refractivity contribution in [2.24, 2.45) is 0 Å². The first-order chi connectivity index (χ1) is 15.2. The lowest BCUT2D eigenvalue weighted by atomic mass is 10.00. The van der Waals surface area contributed by atoms with Gasteiger partial charge in [-0.25, -0.2) is 0 Å². The predicted molar refractivity (Wildman–Crippen MR) is 121 cm³/mol. The van der Waals surface area contributed by atoms with Crippen LogP contribution in [0.15, 0.2) is 108 Å². The fourth-order valence-corrected chi connectivity index (χ4v) is 3.49. The van der Waals surface area contributed by atoms with Gasteiger partial charge < -0.3 is 14.5 Å². The van der Waals surface area contributed by atoms with Crippen LogP contribution in [0.1, 0.15) is 29.0 Å². The van der Waals surface area contributed by atoms with E-state index in [4.69, 9.17) is 9.15 Å². The summed E-state index contributed by atoms with van der Waals surface area (Å²) < 4.78 is 11.0. The molecule has 0 radical (unpaired) electrons. The van der Waals surface area contributed by atoms with E-state index in [1.807, 2.05) is 91.0 Å². The highest BCUT2D eigenvalue weighted by Gasteiger charge is 2.27. The van der Waals surface area contributed by atoms with Gasteiger partial charge in [0.25, 0.3) is 0 Å². The summed E-state index contributed by atoms with van der Waals surface area (Å²) >= 11 is 0. The number of methoxy groups -OCH3 is 1. The fraction of sp³-hybridized carbons (Fsp3) is 0.115. The summed E-state index contributed by atoms with van der Waals surface area (Å²) in [7, 11) is 1.60. The Labute approximate surface area is 181 Å². The number of ether oxygens (including phenoxy) is 1. The molecule has 0 unspecified atom stereocenters. The fourth-order valence-electron chi connectivity index (χ4n) is 3.49. The van der Waals surface area contributed by atoms with Crippen molar-refractivity contribution < 1.29 is 13.9 Å². The Morgan fingerprint density at radius 3 is 2.19 bits per heavy atom. The summed E-state index contributed by atoms with van der Waals surface area (Å²) in [5, 5.41) is 6.51. The van der Waals surface area contributed by atoms with E-state index in [0.29, 0.717) is 11.4 Å². The molecule has 0 aliphatic carbocycles. The van der Waals surface area contributed by atoms with Crippen molar-refractivity contribution in [3.63, 3.8) is 0 Å². The monoisotopic (exact) mass is 412 g/mol. The number of hydrogen-bond acceptors (Lipinski definition) is 4. The van der Waals surface area contributed by atoms with E-state index in [1.165, 1.54) is 0 Å². The highest BCUT2D eigenvalue weighted by molar-refractivity contribution is 5.95. The predicted octanol–water partition coefficient (Wildman–Crippen LogP) is 5.35. The molecule has 156 valence electrons. The van der Waals surface area contributed by atoms with Gasteiger partial charge in [-0.05, 0) is 35.4 Å². The van der Waals surface area contributed by atoms with E-state index in [9.17, 15) is 4.79 Å². The molecular formula is C26H24N2O3. The highest BCUT2D eigenvalue weighted by atomic mass is 16.5. The standard InChI is InChI=1S/C26H24N2O3/c1-30-22-15-8-14-21(18-22)27-26(29)25(20-12-6-3-7-13-20)28-24(23-16-9-17-31-23)19-10-4-2-5-11-19/h2-18,24-25,28H,1H3,(H,27,29)/t24-,25+/m0/s1. The average Bonchev–Trinajstić information content (AvgIpc) is 3.35. The molecule has 3 aromatic carbocycles. The Kier molecular flexibility index (Phi) is 6.45. The lowest BCUT2D eigenvalue weighted by Crippen LogP contribution is -2.36. The van der Waals surface area contributed by atoms with E-state index in [1.54, 1.807) is 19.4 Å². The zero-order valence-corrected chi connectivity index (χ0v) is 17.2. The zero-order chi connectivity index (χ0) is 21.5. The van der Waals surface area contributed by atoms with Crippen LogP contribution in [0.2, 0.25) is 0 Å². The molecule has 31 heavy (non-hydrogen) atoms. The van der Waals surface area contributed by atoms with E-state index in [2.05, 4.69) is 10.6 Å². The molecule has 0 saturated carbocycles. The molecule has 5 heteroatoms. The number of rotatable bonds is 8. The SMILES string of the molecule is COc1cccc(NC(=O)[C@H](N[C@@H](c2ccccc2)c2ccco2)c2ccccc2)c1. The average molecular weight is 412 g/mol. The Morgan fingerprint density at radius 1 is 0.839 bits per heavy atom. The van der Waals surface area contributed by atoms with Crippen molar-refractivity contribution >= 4 is 11.6 Å². The number of amides is 1. The van der Waals surface area contributed by atoms with Crippen molar-refractivity contribution in [3.05, 3.63) is 120 Å². The van der Waals surface area contributed by atoms with Crippen molar-refractivity contribution in [3.8, 4) is 5.75 Å². The van der Waals surface area contributed by atoms with Gasteiger partial charge in [-0.15, -0.1) is 0 Å². The molecule has 0 fully saturated rings. The normalized spacial score (nSPS) is 12.7. The van der Waals surface area contributed by atoms with Crippen LogP contribution in [0.25, 0.3) is 0 Å². The Bertz CT molecular complexity index is 1100. The van der Waals surface area contributed by atoms with Gasteiger partial charge in [-0.1, -0.05) is 66.7 Å². The van der Waals surface area contributed by atoms with Crippen molar-refractivity contribution in [2.45, 2.75) is 12.1 Å². The number of hydrogen-bond donors (Lipinski definition) is 2. The minimum Gasteiger partial charge on any atom is -0.497 e. The quantitative estimate of drug-likeness (QED) is 0.410. The van der Waals surface area contributed by atoms with Gasteiger partial charge in [0.1, 0.15) is 17.6 Å². The van der Waals surface area contributed by atoms with Gasteiger partial charge >= 0.3 is 0 Å². The topological polar surface area (TPSA) is 63.5 Å². The Hall–Kier alpha value is -3.83. The third-order valence-electron chi connectivity index (χ3n) is 5.03. The van der Waals surface area contributed by atoms with Crippen LogP contribution in [-0.4, -0.2) is 13.0 Å². The molecule has 2 N–H and O–H groups in total. The number of carbonyl (C=O) groups excluding carboxylic acids is 1. The van der Waals surface area contributed by atoms with Gasteiger partial charge in [0.2, 0.25) is 5.91 Å². The van der Waals surface area contributed by atoms with Crippen LogP contribution in [0.3, 0.4) is 0 Å². The first-order valence-electron chi connectivity index (χ1n) is 10.1. The largest absolute Gasteiger partial charge is 0.497 e. The Balaban J connectivity index is 1.66. The maximum Gasteiger partial charge on any atom is 0.246 e. The molecule has 0 aliphatic rings. The molecule has 0 saturated heterocycles. The smallest absolute Gasteiger partial charge is 0.246 e. The molecule has 4 aromatic rings. The third-order valence-corrected chi connectivity index (χ3v) is 5.03. The highest BCUT2D eigenvalue weighted by Crippen LogP contribution is 2.28. The molecule has 1 amide bonds. The van der Waals surface area contributed by atoms with Crippen molar-refractivity contribution in [1.82, 2.24) is 5.32 Å². The van der Waals surface area contributed by atoms with Crippen LogP contribution in [0.4, 0.5) is 5.69 Å². The van der Waals surface area contributed by atoms with Crippen LogP contribution in [-0.2, 0) is 4.79 Å². The molecule has 0 spiro atoms. The van der Waals surface area contributed by atoms with Gasteiger partial charge in [0.05, 0.1) is 19.4 Å².